The third-order valence-corrected chi connectivity index (χ3v) is 3.80. The normalized spacial score (nSPS) is 12.6. The molecule has 0 saturated heterocycles. The highest BCUT2D eigenvalue weighted by atomic mass is 35.5. The number of halogens is 2. The van der Waals surface area contributed by atoms with E-state index in [-0.39, 0.29) is 6.04 Å². The van der Waals surface area contributed by atoms with Gasteiger partial charge in [-0.3, -0.25) is 0 Å². The van der Waals surface area contributed by atoms with Gasteiger partial charge < -0.3 is 5.32 Å². The lowest BCUT2D eigenvalue weighted by molar-refractivity contribution is 0.589. The summed E-state index contributed by atoms with van der Waals surface area (Å²) in [6.07, 6.45) is 1.05. The number of nitrogens with one attached hydrogen (secondary N) is 1. The monoisotopic (exact) mass is 300 g/mol. The lowest BCUT2D eigenvalue weighted by Crippen LogP contribution is -2.23. The summed E-state index contributed by atoms with van der Waals surface area (Å²) in [6, 6.07) is 5.52. The van der Waals surface area contributed by atoms with Gasteiger partial charge in [0.15, 0.2) is 0 Å². The Bertz CT molecular complexity index is 500. The van der Waals surface area contributed by atoms with Crippen LogP contribution in [-0.4, -0.2) is 11.5 Å². The molecule has 18 heavy (non-hydrogen) atoms. The van der Waals surface area contributed by atoms with E-state index in [1.807, 2.05) is 23.0 Å². The van der Waals surface area contributed by atoms with E-state index in [9.17, 15) is 0 Å². The van der Waals surface area contributed by atoms with Crippen molar-refractivity contribution in [3.8, 4) is 0 Å². The Labute approximate surface area is 121 Å². The molecule has 0 aliphatic rings. The van der Waals surface area contributed by atoms with E-state index >= 15 is 0 Å². The van der Waals surface area contributed by atoms with Crippen LogP contribution in [0.4, 0.5) is 0 Å². The second kappa shape index (κ2) is 6.53. The Morgan fingerprint density at radius 3 is 2.89 bits per heavy atom. The van der Waals surface area contributed by atoms with Crippen LogP contribution in [0.5, 0.6) is 0 Å². The Morgan fingerprint density at radius 2 is 2.22 bits per heavy atom. The van der Waals surface area contributed by atoms with Crippen LogP contribution < -0.4 is 5.32 Å². The first-order valence-electron chi connectivity index (χ1n) is 5.78. The van der Waals surface area contributed by atoms with Crippen molar-refractivity contribution >= 4 is 34.5 Å². The zero-order valence-electron chi connectivity index (χ0n) is 9.99. The fourth-order valence-corrected chi connectivity index (χ4v) is 2.75. The summed E-state index contributed by atoms with van der Waals surface area (Å²) in [7, 11) is 0. The molecule has 2 aromatic rings. The maximum absolute atomic E-state index is 6.26. The lowest BCUT2D eigenvalue weighted by Gasteiger charge is -2.18. The van der Waals surface area contributed by atoms with Crippen molar-refractivity contribution in [1.82, 2.24) is 10.3 Å². The van der Waals surface area contributed by atoms with Crippen LogP contribution in [-0.2, 0) is 0 Å². The predicted molar refractivity (Wildman–Crippen MR) is 78.7 cm³/mol. The van der Waals surface area contributed by atoms with Gasteiger partial charge in [-0.2, -0.15) is 0 Å². The molecule has 0 aliphatic heterocycles. The molecule has 0 bridgehead atoms. The number of aromatic nitrogens is 1. The molecular weight excluding hydrogens is 287 g/mol. The van der Waals surface area contributed by atoms with Gasteiger partial charge in [0.2, 0.25) is 0 Å². The molecule has 1 heterocycles. The zero-order chi connectivity index (χ0) is 13.0. The Balaban J connectivity index is 2.36. The van der Waals surface area contributed by atoms with E-state index in [2.05, 4.69) is 17.2 Å². The highest BCUT2D eigenvalue weighted by Crippen LogP contribution is 2.30. The van der Waals surface area contributed by atoms with Crippen molar-refractivity contribution in [3.63, 3.8) is 0 Å². The van der Waals surface area contributed by atoms with Crippen molar-refractivity contribution < 1.29 is 0 Å². The van der Waals surface area contributed by atoms with Crippen molar-refractivity contribution in [1.29, 1.82) is 0 Å². The molecule has 0 saturated carbocycles. The number of nitrogens with zero attached hydrogens (tertiary/aromatic N) is 1. The number of benzene rings is 1. The Morgan fingerprint density at radius 1 is 1.39 bits per heavy atom. The van der Waals surface area contributed by atoms with Crippen LogP contribution in [0.2, 0.25) is 10.0 Å². The van der Waals surface area contributed by atoms with Gasteiger partial charge in [-0.25, -0.2) is 4.98 Å². The summed E-state index contributed by atoms with van der Waals surface area (Å²) >= 11 is 13.9. The maximum Gasteiger partial charge on any atom is 0.0795 e. The minimum absolute atomic E-state index is 0.00222. The minimum Gasteiger partial charge on any atom is -0.305 e. The van der Waals surface area contributed by atoms with Crippen molar-refractivity contribution in [2.45, 2.75) is 19.4 Å². The van der Waals surface area contributed by atoms with Crippen LogP contribution >= 0.6 is 34.5 Å². The molecule has 0 spiro atoms. The smallest absolute Gasteiger partial charge is 0.0795 e. The molecule has 1 atom stereocenters. The predicted octanol–water partition coefficient (Wildman–Crippen LogP) is 4.54. The van der Waals surface area contributed by atoms with Gasteiger partial charge in [0.25, 0.3) is 0 Å². The number of thiazole rings is 1. The minimum atomic E-state index is 0.00222. The molecule has 1 N–H and O–H groups in total. The van der Waals surface area contributed by atoms with Gasteiger partial charge in [0.05, 0.1) is 17.2 Å². The summed E-state index contributed by atoms with van der Waals surface area (Å²) in [5.74, 6) is 0. The summed E-state index contributed by atoms with van der Waals surface area (Å²) in [5, 5.41) is 6.89. The van der Waals surface area contributed by atoms with Crippen LogP contribution in [0.25, 0.3) is 0 Å². The second-order valence-corrected chi connectivity index (χ2v) is 5.53. The second-order valence-electron chi connectivity index (χ2n) is 3.97. The average molecular weight is 301 g/mol. The molecule has 0 amide bonds. The molecule has 0 radical (unpaired) electrons. The first-order valence-corrected chi connectivity index (χ1v) is 7.48. The Hall–Kier alpha value is -0.610. The lowest BCUT2D eigenvalue weighted by atomic mass is 10.0. The van der Waals surface area contributed by atoms with Gasteiger partial charge in [-0.15, -0.1) is 11.3 Å². The molecule has 2 nitrogen and oxygen atoms in total. The highest BCUT2D eigenvalue weighted by Gasteiger charge is 2.18. The summed E-state index contributed by atoms with van der Waals surface area (Å²) in [4.78, 5) is 4.37. The molecule has 1 aromatic carbocycles. The number of rotatable bonds is 5. The van der Waals surface area contributed by atoms with Gasteiger partial charge in [0, 0.05) is 15.4 Å². The van der Waals surface area contributed by atoms with Crippen molar-refractivity contribution in [2.24, 2.45) is 0 Å². The van der Waals surface area contributed by atoms with Crippen LogP contribution in [0.15, 0.2) is 29.1 Å². The summed E-state index contributed by atoms with van der Waals surface area (Å²) < 4.78 is 0. The van der Waals surface area contributed by atoms with Gasteiger partial charge >= 0.3 is 0 Å². The zero-order valence-corrected chi connectivity index (χ0v) is 12.3. The molecule has 1 unspecified atom stereocenters. The molecular formula is C13H14Cl2N2S. The summed E-state index contributed by atoms with van der Waals surface area (Å²) in [5.41, 5.74) is 3.79. The molecule has 0 aliphatic carbocycles. The van der Waals surface area contributed by atoms with Crippen molar-refractivity contribution in [2.75, 3.05) is 6.54 Å². The fourth-order valence-electron chi connectivity index (χ4n) is 1.76. The number of hydrogen-bond donors (Lipinski definition) is 1. The fraction of sp³-hybridized carbons (Fsp3) is 0.308. The Kier molecular flexibility index (Phi) is 5.01. The van der Waals surface area contributed by atoms with Crippen LogP contribution in [0.3, 0.4) is 0 Å². The summed E-state index contributed by atoms with van der Waals surface area (Å²) in [6.45, 7) is 3.04. The van der Waals surface area contributed by atoms with E-state index in [4.69, 9.17) is 23.2 Å². The first kappa shape index (κ1) is 13.8. The standard InChI is InChI=1S/C13H14Cl2N2S/c1-2-5-16-13(12-7-18-8-17-12)10-6-9(14)3-4-11(10)15/h3-4,6-8,13,16H,2,5H2,1H3. The third kappa shape index (κ3) is 3.23. The van der Waals surface area contributed by atoms with Crippen LogP contribution in [0.1, 0.15) is 30.6 Å². The van der Waals surface area contributed by atoms with E-state index < -0.39 is 0 Å². The van der Waals surface area contributed by atoms with Gasteiger partial charge in [0.1, 0.15) is 0 Å². The number of hydrogen-bond acceptors (Lipinski definition) is 3. The van der Waals surface area contributed by atoms with Crippen molar-refractivity contribution in [3.05, 3.63) is 50.4 Å². The van der Waals surface area contributed by atoms with E-state index in [1.165, 1.54) is 0 Å². The third-order valence-electron chi connectivity index (χ3n) is 2.61. The van der Waals surface area contributed by atoms with E-state index in [1.54, 1.807) is 17.4 Å². The molecule has 5 heteroatoms. The molecule has 2 rings (SSSR count). The largest absolute Gasteiger partial charge is 0.305 e. The van der Waals surface area contributed by atoms with Gasteiger partial charge in [-0.1, -0.05) is 30.1 Å². The quantitative estimate of drug-likeness (QED) is 0.877. The van der Waals surface area contributed by atoms with E-state index in [0.717, 1.165) is 24.2 Å². The molecule has 0 fully saturated rings. The highest BCUT2D eigenvalue weighted by molar-refractivity contribution is 7.07. The topological polar surface area (TPSA) is 24.9 Å². The maximum atomic E-state index is 6.26. The molecule has 1 aromatic heterocycles. The average Bonchev–Trinajstić information content (AvgIpc) is 2.88. The van der Waals surface area contributed by atoms with Crippen LogP contribution in [0, 0.1) is 0 Å². The SMILES string of the molecule is CCCNC(c1cscn1)c1cc(Cl)ccc1Cl. The van der Waals surface area contributed by atoms with Gasteiger partial charge in [-0.05, 0) is 36.7 Å². The van der Waals surface area contributed by atoms with E-state index in [0.29, 0.717) is 10.0 Å². The molecule has 96 valence electrons. The first-order chi connectivity index (χ1) is 8.72.